The number of hydrogen-bond acceptors (Lipinski definition) is 5. The molecule has 0 heterocycles. The Labute approximate surface area is 428 Å². The Kier molecular flexibility index (Phi) is 49.8. The lowest BCUT2D eigenvalue weighted by molar-refractivity contribution is -0.870. The molecule has 0 radical (unpaired) electrons. The lowest BCUT2D eigenvalue weighted by Gasteiger charge is -2.26. The lowest BCUT2D eigenvalue weighted by atomic mass is 10.0. The zero-order chi connectivity index (χ0) is 50.6. The standard InChI is InChI=1S/C60H113N2O6P/c1-6-8-10-12-14-16-18-20-22-24-26-27-28-29-30-31-32-33-34-36-37-39-41-43-45-47-49-51-53-59(63)58(57-68-69(65,66)67-56-55-62(3,4)5)61-60(64)54-52-50-48-46-44-42-40-38-35-25-23-21-19-17-15-13-11-9-7-2/h9,11,15,17,21,23,35,38,42,44,58-59,63H,6-8,10,12-14,16,18-20,22,24-34,36-37,39-41,43,45-57H2,1-5H3,(H-,61,64,65,66)/p+1/b11-9-,17-15-,23-21-,38-35-,44-42-. The third kappa shape index (κ3) is 53.8. The van der Waals surface area contributed by atoms with E-state index in [1.54, 1.807) is 0 Å². The van der Waals surface area contributed by atoms with Crippen LogP contribution in [0.5, 0.6) is 0 Å². The van der Waals surface area contributed by atoms with Crippen molar-refractivity contribution in [2.24, 2.45) is 0 Å². The highest BCUT2D eigenvalue weighted by atomic mass is 31.2. The fraction of sp³-hybridized carbons (Fsp3) is 0.817. The van der Waals surface area contributed by atoms with E-state index in [2.05, 4.69) is 79.9 Å². The fourth-order valence-corrected chi connectivity index (χ4v) is 9.22. The highest BCUT2D eigenvalue weighted by Gasteiger charge is 2.28. The van der Waals surface area contributed by atoms with Gasteiger partial charge in [-0.1, -0.05) is 261 Å². The Hall–Kier alpha value is -1.80. The van der Waals surface area contributed by atoms with E-state index in [1.165, 1.54) is 161 Å². The molecule has 0 aliphatic rings. The van der Waals surface area contributed by atoms with Gasteiger partial charge in [0.05, 0.1) is 39.9 Å². The quantitative estimate of drug-likeness (QED) is 0.0243. The summed E-state index contributed by atoms with van der Waals surface area (Å²) in [6.07, 6.45) is 68.6. The maximum atomic E-state index is 13.0. The Bertz CT molecular complexity index is 1310. The van der Waals surface area contributed by atoms with Crippen LogP contribution < -0.4 is 5.32 Å². The van der Waals surface area contributed by atoms with E-state index in [4.69, 9.17) is 9.05 Å². The summed E-state index contributed by atoms with van der Waals surface area (Å²) in [7, 11) is 1.59. The second kappa shape index (κ2) is 51.1. The molecule has 0 aliphatic heterocycles. The van der Waals surface area contributed by atoms with Crippen molar-refractivity contribution in [1.29, 1.82) is 0 Å². The average molecular weight is 991 g/mol. The van der Waals surface area contributed by atoms with Gasteiger partial charge in [-0.05, 0) is 57.8 Å². The molecule has 0 bridgehead atoms. The van der Waals surface area contributed by atoms with Crippen molar-refractivity contribution in [3.8, 4) is 0 Å². The highest BCUT2D eigenvalue weighted by molar-refractivity contribution is 7.47. The maximum absolute atomic E-state index is 13.0. The molecule has 69 heavy (non-hydrogen) atoms. The van der Waals surface area contributed by atoms with E-state index in [9.17, 15) is 19.4 Å². The van der Waals surface area contributed by atoms with Gasteiger partial charge in [0.15, 0.2) is 0 Å². The largest absolute Gasteiger partial charge is 0.472 e. The van der Waals surface area contributed by atoms with Crippen molar-refractivity contribution >= 4 is 13.7 Å². The molecule has 404 valence electrons. The van der Waals surface area contributed by atoms with Gasteiger partial charge in [-0.2, -0.15) is 0 Å². The van der Waals surface area contributed by atoms with Crippen LogP contribution in [0.2, 0.25) is 0 Å². The van der Waals surface area contributed by atoms with Crippen molar-refractivity contribution in [2.75, 3.05) is 40.9 Å². The number of unbranched alkanes of at least 4 members (excludes halogenated alkanes) is 30. The topological polar surface area (TPSA) is 105 Å². The predicted octanol–water partition coefficient (Wildman–Crippen LogP) is 17.7. The first-order valence-corrected chi connectivity index (χ1v) is 30.6. The van der Waals surface area contributed by atoms with Crippen LogP contribution in [0.15, 0.2) is 60.8 Å². The number of likely N-dealkylation sites (N-methyl/N-ethyl adjacent to an activating group) is 1. The lowest BCUT2D eigenvalue weighted by Crippen LogP contribution is -2.46. The van der Waals surface area contributed by atoms with Crippen molar-refractivity contribution in [2.45, 2.75) is 276 Å². The Morgan fingerprint density at radius 3 is 1.26 bits per heavy atom. The molecule has 3 atom stereocenters. The van der Waals surface area contributed by atoms with Gasteiger partial charge >= 0.3 is 7.82 Å². The van der Waals surface area contributed by atoms with Crippen molar-refractivity contribution in [3.63, 3.8) is 0 Å². The van der Waals surface area contributed by atoms with Gasteiger partial charge in [0.2, 0.25) is 5.91 Å². The number of aliphatic hydroxyl groups excluding tert-OH is 1. The van der Waals surface area contributed by atoms with Crippen LogP contribution in [-0.4, -0.2) is 73.4 Å². The minimum Gasteiger partial charge on any atom is -0.391 e. The first-order valence-electron chi connectivity index (χ1n) is 29.2. The second-order valence-electron chi connectivity index (χ2n) is 21.0. The van der Waals surface area contributed by atoms with Crippen LogP contribution >= 0.6 is 7.82 Å². The van der Waals surface area contributed by atoms with Crippen LogP contribution in [-0.2, 0) is 18.4 Å². The summed E-state index contributed by atoms with van der Waals surface area (Å²) < 4.78 is 23.8. The second-order valence-corrected chi connectivity index (χ2v) is 22.4. The zero-order valence-electron chi connectivity index (χ0n) is 46.0. The van der Waals surface area contributed by atoms with E-state index in [0.717, 1.165) is 77.0 Å². The number of nitrogens with one attached hydrogen (secondary N) is 1. The molecule has 3 unspecified atom stereocenters. The first-order chi connectivity index (χ1) is 33.5. The SMILES string of the molecule is CC/C=C\C/C=C\C/C=C\C/C=C\C/C=C\CCCCCC(=O)NC(COP(=O)(O)OCC[N+](C)(C)C)C(O)CCCCCCCCCCCCCCCCCCCCCCCCCCCCCC. The number of allylic oxidation sites excluding steroid dienone is 10. The minimum absolute atomic E-state index is 0.0656. The van der Waals surface area contributed by atoms with Crippen LogP contribution in [0.3, 0.4) is 0 Å². The highest BCUT2D eigenvalue weighted by Crippen LogP contribution is 2.43. The predicted molar refractivity (Wildman–Crippen MR) is 300 cm³/mol. The molecule has 0 saturated carbocycles. The Morgan fingerprint density at radius 1 is 0.507 bits per heavy atom. The minimum atomic E-state index is -4.34. The molecule has 0 aromatic rings. The molecule has 0 rings (SSSR count). The van der Waals surface area contributed by atoms with Crippen molar-refractivity contribution < 1.29 is 32.9 Å². The van der Waals surface area contributed by atoms with Crippen LogP contribution in [0.4, 0.5) is 0 Å². The summed E-state index contributed by atoms with van der Waals surface area (Å²) in [5.74, 6) is -0.174. The van der Waals surface area contributed by atoms with Gasteiger partial charge in [0.1, 0.15) is 13.2 Å². The number of carbonyl (C=O) groups excluding carboxylic acids is 1. The number of phosphoric ester groups is 1. The summed E-state index contributed by atoms with van der Waals surface area (Å²) in [6.45, 7) is 4.77. The van der Waals surface area contributed by atoms with Crippen LogP contribution in [0.25, 0.3) is 0 Å². The molecular weight excluding hydrogens is 876 g/mol. The van der Waals surface area contributed by atoms with Crippen LogP contribution in [0.1, 0.15) is 264 Å². The normalized spacial score (nSPS) is 14.4. The third-order valence-corrected chi connectivity index (χ3v) is 14.0. The van der Waals surface area contributed by atoms with E-state index in [1.807, 2.05) is 21.1 Å². The number of hydrogen-bond donors (Lipinski definition) is 3. The van der Waals surface area contributed by atoms with Gasteiger partial charge < -0.3 is 19.8 Å². The van der Waals surface area contributed by atoms with Crippen molar-refractivity contribution in [3.05, 3.63) is 60.8 Å². The van der Waals surface area contributed by atoms with Crippen LogP contribution in [0, 0.1) is 0 Å². The molecule has 0 saturated heterocycles. The zero-order valence-corrected chi connectivity index (χ0v) is 46.9. The van der Waals surface area contributed by atoms with Gasteiger partial charge in [-0.25, -0.2) is 4.57 Å². The van der Waals surface area contributed by atoms with Crippen molar-refractivity contribution in [1.82, 2.24) is 5.32 Å². The summed E-state index contributed by atoms with van der Waals surface area (Å²) in [5, 5.41) is 14.1. The Balaban J connectivity index is 4.17. The number of rotatable bonds is 53. The van der Waals surface area contributed by atoms with Gasteiger partial charge in [-0.3, -0.25) is 13.8 Å². The van der Waals surface area contributed by atoms with E-state index in [0.29, 0.717) is 23.9 Å². The molecule has 3 N–H and O–H groups in total. The Morgan fingerprint density at radius 2 is 0.870 bits per heavy atom. The molecule has 9 heteroatoms. The van der Waals surface area contributed by atoms with E-state index >= 15 is 0 Å². The van der Waals surface area contributed by atoms with E-state index < -0.39 is 20.0 Å². The number of phosphoric acid groups is 1. The first kappa shape index (κ1) is 67.2. The summed E-state index contributed by atoms with van der Waals surface area (Å²) in [6, 6.07) is -0.782. The van der Waals surface area contributed by atoms with Gasteiger partial charge in [-0.15, -0.1) is 0 Å². The molecule has 0 spiro atoms. The number of aliphatic hydroxyl groups is 1. The summed E-state index contributed by atoms with van der Waals surface area (Å²) in [4.78, 5) is 23.3. The molecular formula is C60H114N2O6P+. The molecule has 8 nitrogen and oxygen atoms in total. The molecule has 0 aliphatic carbocycles. The smallest absolute Gasteiger partial charge is 0.391 e. The molecule has 0 aromatic carbocycles. The van der Waals surface area contributed by atoms with Gasteiger partial charge in [0, 0.05) is 6.42 Å². The summed E-state index contributed by atoms with van der Waals surface area (Å²) in [5.41, 5.74) is 0. The van der Waals surface area contributed by atoms with Gasteiger partial charge in [0.25, 0.3) is 0 Å². The molecule has 0 fully saturated rings. The number of carbonyl (C=O) groups is 1. The monoisotopic (exact) mass is 990 g/mol. The fourth-order valence-electron chi connectivity index (χ4n) is 8.49. The number of amides is 1. The average Bonchev–Trinajstić information content (AvgIpc) is 3.31. The number of quaternary nitrogens is 1. The van der Waals surface area contributed by atoms with E-state index in [-0.39, 0.29) is 19.1 Å². The molecule has 1 amide bonds. The third-order valence-electron chi connectivity index (χ3n) is 13.0. The molecule has 0 aromatic heterocycles. The maximum Gasteiger partial charge on any atom is 0.472 e. The summed E-state index contributed by atoms with van der Waals surface area (Å²) >= 11 is 0. The number of nitrogens with zero attached hydrogens (tertiary/aromatic N) is 1.